The van der Waals surface area contributed by atoms with Gasteiger partial charge in [-0.25, -0.2) is 0 Å². The van der Waals surface area contributed by atoms with Gasteiger partial charge in [0, 0.05) is 18.7 Å². The number of likely N-dealkylation sites (tertiary alicyclic amines) is 1. The molecule has 136 valence electrons. The minimum atomic E-state index is -0.657. The zero-order valence-corrected chi connectivity index (χ0v) is 14.8. The van der Waals surface area contributed by atoms with E-state index in [0.29, 0.717) is 5.56 Å². The van der Waals surface area contributed by atoms with Crippen molar-refractivity contribution in [1.29, 1.82) is 0 Å². The summed E-state index contributed by atoms with van der Waals surface area (Å²) in [4.78, 5) is 26.0. The van der Waals surface area contributed by atoms with Crippen LogP contribution in [0.5, 0.6) is 0 Å². The smallest absolute Gasteiger partial charge is 0.284 e. The van der Waals surface area contributed by atoms with Crippen LogP contribution >= 0.6 is 0 Å². The topological polar surface area (TPSA) is 88.6 Å². The first-order chi connectivity index (χ1) is 11.9. The van der Waals surface area contributed by atoms with Crippen molar-refractivity contribution in [2.45, 2.75) is 45.1 Å². The molecule has 1 aromatic rings. The summed E-state index contributed by atoms with van der Waals surface area (Å²) < 4.78 is 5.02. The second-order valence-corrected chi connectivity index (χ2v) is 8.40. The summed E-state index contributed by atoms with van der Waals surface area (Å²) in [5.41, 5.74) is 5.81. The van der Waals surface area contributed by atoms with Crippen LogP contribution in [0.15, 0.2) is 16.7 Å². The molecule has 1 unspecified atom stereocenters. The predicted octanol–water partition coefficient (Wildman–Crippen LogP) is 2.01. The highest BCUT2D eigenvalue weighted by Crippen LogP contribution is 2.54. The minimum Gasteiger partial charge on any atom is -0.458 e. The number of amides is 2. The maximum Gasteiger partial charge on any atom is 0.284 e. The van der Waals surface area contributed by atoms with Crippen LogP contribution in [0.1, 0.15) is 59.9 Å². The normalized spacial score (nSPS) is 30.7. The molecule has 4 rings (SSSR count). The summed E-state index contributed by atoms with van der Waals surface area (Å²) in [6.45, 7) is 5.89. The highest BCUT2D eigenvalue weighted by atomic mass is 16.3. The van der Waals surface area contributed by atoms with Crippen molar-refractivity contribution in [2.75, 3.05) is 19.6 Å². The Morgan fingerprint density at radius 1 is 1.36 bits per heavy atom. The molecular weight excluding hydrogens is 318 g/mol. The molecule has 3 fully saturated rings. The number of rotatable bonds is 5. The Bertz CT molecular complexity index is 669. The lowest BCUT2D eigenvalue weighted by Gasteiger charge is -2.40. The van der Waals surface area contributed by atoms with E-state index in [1.54, 1.807) is 0 Å². The number of carbonyl (C=O) groups excluding carboxylic acids is 2. The predicted molar refractivity (Wildman–Crippen MR) is 93.1 cm³/mol. The van der Waals surface area contributed by atoms with Crippen LogP contribution in [-0.4, -0.2) is 42.4 Å². The highest BCUT2D eigenvalue weighted by molar-refractivity contribution is 5.98. The van der Waals surface area contributed by atoms with E-state index in [-0.39, 0.29) is 23.1 Å². The SMILES string of the molecule is CC1CC(CN2CCC3(CC2)CC3NC(=O)c2coc(C(N)=O)c2)C1. The summed E-state index contributed by atoms with van der Waals surface area (Å²) in [5, 5.41) is 3.10. The molecule has 1 aliphatic heterocycles. The van der Waals surface area contributed by atoms with Crippen molar-refractivity contribution in [3.05, 3.63) is 23.7 Å². The van der Waals surface area contributed by atoms with E-state index < -0.39 is 5.91 Å². The van der Waals surface area contributed by atoms with E-state index in [1.165, 1.54) is 31.7 Å². The first-order valence-corrected chi connectivity index (χ1v) is 9.37. The summed E-state index contributed by atoms with van der Waals surface area (Å²) in [6.07, 6.45) is 7.47. The van der Waals surface area contributed by atoms with Gasteiger partial charge in [0.05, 0.1) is 5.56 Å². The molecule has 3 N–H and O–H groups in total. The Labute approximate surface area is 148 Å². The van der Waals surface area contributed by atoms with Gasteiger partial charge in [0.1, 0.15) is 6.26 Å². The molecule has 0 bridgehead atoms. The molecule has 2 saturated carbocycles. The van der Waals surface area contributed by atoms with E-state index >= 15 is 0 Å². The fraction of sp³-hybridized carbons (Fsp3) is 0.684. The molecule has 6 heteroatoms. The van der Waals surface area contributed by atoms with Crippen LogP contribution in [0.2, 0.25) is 0 Å². The molecule has 2 aliphatic carbocycles. The second kappa shape index (κ2) is 6.16. The fourth-order valence-electron chi connectivity index (χ4n) is 4.69. The molecule has 1 spiro atoms. The fourth-order valence-corrected chi connectivity index (χ4v) is 4.69. The van der Waals surface area contributed by atoms with Gasteiger partial charge in [-0.05, 0) is 62.4 Å². The van der Waals surface area contributed by atoms with Gasteiger partial charge < -0.3 is 20.4 Å². The molecule has 0 radical (unpaired) electrons. The second-order valence-electron chi connectivity index (χ2n) is 8.40. The van der Waals surface area contributed by atoms with E-state index in [0.717, 1.165) is 44.2 Å². The van der Waals surface area contributed by atoms with Crippen LogP contribution in [0.25, 0.3) is 0 Å². The Morgan fingerprint density at radius 3 is 2.68 bits per heavy atom. The van der Waals surface area contributed by atoms with Gasteiger partial charge >= 0.3 is 0 Å². The number of nitrogens with one attached hydrogen (secondary N) is 1. The molecule has 2 amide bonds. The lowest BCUT2D eigenvalue weighted by molar-refractivity contribution is 0.0892. The number of hydrogen-bond acceptors (Lipinski definition) is 4. The minimum absolute atomic E-state index is 0.0225. The maximum absolute atomic E-state index is 12.3. The van der Waals surface area contributed by atoms with Gasteiger partial charge in [0.25, 0.3) is 11.8 Å². The summed E-state index contributed by atoms with van der Waals surface area (Å²) in [5.74, 6) is 1.01. The van der Waals surface area contributed by atoms with Crippen molar-refractivity contribution in [2.24, 2.45) is 23.0 Å². The molecule has 2 heterocycles. The largest absolute Gasteiger partial charge is 0.458 e. The molecule has 1 saturated heterocycles. The molecule has 0 aromatic carbocycles. The van der Waals surface area contributed by atoms with Crippen LogP contribution in [0.3, 0.4) is 0 Å². The Kier molecular flexibility index (Phi) is 4.10. The van der Waals surface area contributed by atoms with Crippen LogP contribution in [0, 0.1) is 17.3 Å². The first kappa shape index (κ1) is 16.6. The van der Waals surface area contributed by atoms with Crippen LogP contribution < -0.4 is 11.1 Å². The zero-order chi connectivity index (χ0) is 17.6. The summed E-state index contributed by atoms with van der Waals surface area (Å²) >= 11 is 0. The number of hydrogen-bond donors (Lipinski definition) is 2. The van der Waals surface area contributed by atoms with Gasteiger partial charge in [-0.1, -0.05) is 6.92 Å². The van der Waals surface area contributed by atoms with Crippen LogP contribution in [0.4, 0.5) is 0 Å². The van der Waals surface area contributed by atoms with E-state index in [2.05, 4.69) is 17.1 Å². The van der Waals surface area contributed by atoms with E-state index in [1.807, 2.05) is 0 Å². The average molecular weight is 345 g/mol. The van der Waals surface area contributed by atoms with Gasteiger partial charge in [0.2, 0.25) is 0 Å². The Balaban J connectivity index is 1.25. The van der Waals surface area contributed by atoms with E-state index in [9.17, 15) is 9.59 Å². The molecular formula is C19H27N3O3. The highest BCUT2D eigenvalue weighted by Gasteiger charge is 2.55. The van der Waals surface area contributed by atoms with Gasteiger partial charge in [0.15, 0.2) is 5.76 Å². The third-order valence-corrected chi connectivity index (χ3v) is 6.44. The monoisotopic (exact) mass is 345 g/mol. The van der Waals surface area contributed by atoms with Gasteiger partial charge in [-0.3, -0.25) is 9.59 Å². The van der Waals surface area contributed by atoms with Crippen molar-refractivity contribution >= 4 is 11.8 Å². The first-order valence-electron chi connectivity index (χ1n) is 9.37. The number of nitrogens with zero attached hydrogens (tertiary/aromatic N) is 1. The third-order valence-electron chi connectivity index (χ3n) is 6.44. The quantitative estimate of drug-likeness (QED) is 0.854. The Hall–Kier alpha value is -1.82. The molecule has 25 heavy (non-hydrogen) atoms. The van der Waals surface area contributed by atoms with Gasteiger partial charge in [-0.2, -0.15) is 0 Å². The van der Waals surface area contributed by atoms with E-state index in [4.69, 9.17) is 10.2 Å². The summed E-state index contributed by atoms with van der Waals surface area (Å²) in [6, 6.07) is 1.66. The van der Waals surface area contributed by atoms with Crippen LogP contribution in [-0.2, 0) is 0 Å². The molecule has 1 atom stereocenters. The maximum atomic E-state index is 12.3. The number of piperidine rings is 1. The van der Waals surface area contributed by atoms with Crippen molar-refractivity contribution < 1.29 is 14.0 Å². The standard InChI is InChI=1S/C19H27N3O3/c1-12-6-13(7-12)10-22-4-2-19(3-5-22)9-16(19)21-18(24)14-8-15(17(20)23)25-11-14/h8,11-13,16H,2-7,9-10H2,1H3,(H2,20,23)(H,21,24). The summed E-state index contributed by atoms with van der Waals surface area (Å²) in [7, 11) is 0. The van der Waals surface area contributed by atoms with Crippen molar-refractivity contribution in [3.63, 3.8) is 0 Å². The zero-order valence-electron chi connectivity index (χ0n) is 14.8. The van der Waals surface area contributed by atoms with Crippen molar-refractivity contribution in [3.8, 4) is 0 Å². The number of furan rings is 1. The lowest BCUT2D eigenvalue weighted by atomic mass is 9.75. The average Bonchev–Trinajstić information content (AvgIpc) is 2.98. The number of carbonyl (C=O) groups is 2. The third kappa shape index (κ3) is 3.32. The van der Waals surface area contributed by atoms with Gasteiger partial charge in [-0.15, -0.1) is 0 Å². The molecule has 1 aromatic heterocycles. The van der Waals surface area contributed by atoms with Crippen molar-refractivity contribution in [1.82, 2.24) is 10.2 Å². The number of primary amides is 1. The number of nitrogens with two attached hydrogens (primary N) is 1. The molecule has 6 nitrogen and oxygen atoms in total. The Morgan fingerprint density at radius 2 is 2.08 bits per heavy atom. The lowest BCUT2D eigenvalue weighted by Crippen LogP contribution is -2.42. The molecule has 3 aliphatic rings.